The van der Waals surface area contributed by atoms with Gasteiger partial charge in [0, 0.05) is 12.1 Å². The fraction of sp³-hybridized carbons (Fsp3) is 0.875. The van der Waals surface area contributed by atoms with E-state index in [1.54, 1.807) is 0 Å². The van der Waals surface area contributed by atoms with Gasteiger partial charge in [-0.2, -0.15) is 0 Å². The van der Waals surface area contributed by atoms with Gasteiger partial charge >= 0.3 is 0 Å². The minimum atomic E-state index is -0.608. The zero-order valence-electron chi connectivity index (χ0n) is 13.4. The minimum Gasteiger partial charge on any atom is -0.392 e. The highest BCUT2D eigenvalue weighted by atomic mass is 32.1. The molecule has 2 saturated carbocycles. The maximum Gasteiger partial charge on any atom is 0.233 e. The highest BCUT2D eigenvalue weighted by molar-refractivity contribution is 7.80. The fourth-order valence-corrected chi connectivity index (χ4v) is 4.00. The molecule has 0 aromatic carbocycles. The van der Waals surface area contributed by atoms with Crippen molar-refractivity contribution in [3.63, 3.8) is 0 Å². The van der Waals surface area contributed by atoms with Gasteiger partial charge in [-0.05, 0) is 46.2 Å². The van der Waals surface area contributed by atoms with E-state index in [9.17, 15) is 4.79 Å². The third kappa shape index (κ3) is 3.24. The van der Waals surface area contributed by atoms with Crippen LogP contribution < -0.4 is 11.1 Å². The van der Waals surface area contributed by atoms with Crippen LogP contribution in [0.2, 0.25) is 0 Å². The predicted octanol–water partition coefficient (Wildman–Crippen LogP) is 2.21. The molecule has 3 N–H and O–H groups in total. The van der Waals surface area contributed by atoms with Gasteiger partial charge in [0.25, 0.3) is 0 Å². The van der Waals surface area contributed by atoms with Crippen LogP contribution in [0.5, 0.6) is 0 Å². The van der Waals surface area contributed by atoms with E-state index in [4.69, 9.17) is 18.0 Å². The summed E-state index contributed by atoms with van der Waals surface area (Å²) in [5.74, 6) is 0.0602. The van der Waals surface area contributed by atoms with Crippen molar-refractivity contribution < 1.29 is 4.79 Å². The zero-order valence-corrected chi connectivity index (χ0v) is 14.2. The van der Waals surface area contributed by atoms with Gasteiger partial charge in [-0.25, -0.2) is 0 Å². The second-order valence-corrected chi connectivity index (χ2v) is 7.46. The highest BCUT2D eigenvalue weighted by Gasteiger charge is 2.44. The third-order valence-corrected chi connectivity index (χ3v) is 6.07. The predicted molar refractivity (Wildman–Crippen MR) is 90.2 cm³/mol. The number of carbonyl (C=O) groups is 1. The Hall–Kier alpha value is -0.680. The topological polar surface area (TPSA) is 58.4 Å². The number of hydrogen-bond donors (Lipinski definition) is 2. The molecule has 5 heteroatoms. The molecule has 2 aliphatic rings. The van der Waals surface area contributed by atoms with Gasteiger partial charge in [0.05, 0.1) is 10.4 Å². The van der Waals surface area contributed by atoms with Crippen molar-refractivity contribution in [2.45, 2.75) is 63.3 Å². The number of nitrogens with zero attached hydrogens (tertiary/aromatic N) is 1. The highest BCUT2D eigenvalue weighted by Crippen LogP contribution is 2.38. The summed E-state index contributed by atoms with van der Waals surface area (Å²) in [6, 6.07) is 0. The Labute approximate surface area is 133 Å². The van der Waals surface area contributed by atoms with E-state index in [1.807, 2.05) is 0 Å². The van der Waals surface area contributed by atoms with Gasteiger partial charge in [-0.1, -0.05) is 37.9 Å². The molecule has 0 atom stereocenters. The zero-order chi connectivity index (χ0) is 15.5. The fourth-order valence-electron chi connectivity index (χ4n) is 3.70. The molecule has 0 radical (unpaired) electrons. The molecule has 4 nitrogen and oxygen atoms in total. The van der Waals surface area contributed by atoms with Crippen molar-refractivity contribution in [2.24, 2.45) is 11.1 Å². The van der Waals surface area contributed by atoms with Crippen molar-refractivity contribution >= 4 is 23.1 Å². The molecule has 0 bridgehead atoms. The van der Waals surface area contributed by atoms with E-state index in [2.05, 4.69) is 24.3 Å². The van der Waals surface area contributed by atoms with Gasteiger partial charge in [0.15, 0.2) is 0 Å². The van der Waals surface area contributed by atoms with Crippen molar-refractivity contribution in [3.8, 4) is 0 Å². The lowest BCUT2D eigenvalue weighted by atomic mass is 9.74. The van der Waals surface area contributed by atoms with E-state index in [1.165, 1.54) is 19.3 Å². The van der Waals surface area contributed by atoms with E-state index in [-0.39, 0.29) is 11.4 Å². The van der Waals surface area contributed by atoms with Crippen LogP contribution >= 0.6 is 12.2 Å². The van der Waals surface area contributed by atoms with Gasteiger partial charge in [-0.3, -0.25) is 4.79 Å². The quantitative estimate of drug-likeness (QED) is 0.604. The summed E-state index contributed by atoms with van der Waals surface area (Å²) in [5.41, 5.74) is 5.51. The molecule has 0 unspecified atom stereocenters. The van der Waals surface area contributed by atoms with Crippen LogP contribution in [-0.4, -0.2) is 42.0 Å². The Bertz CT molecular complexity index is 396. The van der Waals surface area contributed by atoms with Crippen LogP contribution in [0.15, 0.2) is 0 Å². The molecule has 0 aromatic rings. The summed E-state index contributed by atoms with van der Waals surface area (Å²) in [6.07, 6.45) is 9.62. The Morgan fingerprint density at radius 2 is 1.67 bits per heavy atom. The van der Waals surface area contributed by atoms with Gasteiger partial charge in [0.2, 0.25) is 5.91 Å². The van der Waals surface area contributed by atoms with E-state index >= 15 is 0 Å². The van der Waals surface area contributed by atoms with Crippen LogP contribution in [0.25, 0.3) is 0 Å². The third-order valence-electron chi connectivity index (χ3n) is 5.67. The lowest BCUT2D eigenvalue weighted by molar-refractivity contribution is -0.129. The molecule has 0 aromatic heterocycles. The molecule has 0 heterocycles. The van der Waals surface area contributed by atoms with E-state index < -0.39 is 5.41 Å². The Kier molecular flexibility index (Phi) is 5.25. The molecule has 2 fully saturated rings. The van der Waals surface area contributed by atoms with Crippen LogP contribution in [0.3, 0.4) is 0 Å². The first-order chi connectivity index (χ1) is 9.93. The van der Waals surface area contributed by atoms with Crippen LogP contribution in [0, 0.1) is 5.41 Å². The van der Waals surface area contributed by atoms with Gasteiger partial charge in [-0.15, -0.1) is 0 Å². The number of carbonyl (C=O) groups excluding carboxylic acids is 1. The number of amides is 1. The SMILES string of the molecule is CN(C)C1(CNC(=O)C2(C(N)=S)CCCCCC2)CCC1. The van der Waals surface area contributed by atoms with Crippen molar-refractivity contribution in [1.29, 1.82) is 0 Å². The first kappa shape index (κ1) is 16.7. The maximum absolute atomic E-state index is 12.8. The molecule has 0 aliphatic heterocycles. The molecule has 0 spiro atoms. The standard InChI is InChI=1S/C16H29N3OS/c1-19(2)15(8-7-9-15)12-18-14(20)16(13(17)21)10-5-3-4-6-11-16/h3-12H2,1-2H3,(H2,17,21)(H,18,20). The van der Waals surface area contributed by atoms with E-state index in [0.29, 0.717) is 11.5 Å². The number of rotatable bonds is 5. The molecule has 2 aliphatic carbocycles. The maximum atomic E-state index is 12.8. The van der Waals surface area contributed by atoms with Crippen LogP contribution in [-0.2, 0) is 4.79 Å². The van der Waals surface area contributed by atoms with Crippen LogP contribution in [0.4, 0.5) is 0 Å². The molecular formula is C16H29N3OS. The molecule has 1 amide bonds. The lowest BCUT2D eigenvalue weighted by Gasteiger charge is -2.48. The molecule has 0 saturated heterocycles. The normalized spacial score (nSPS) is 24.0. The number of likely N-dealkylation sites (N-methyl/N-ethyl adjacent to an activating group) is 1. The summed E-state index contributed by atoms with van der Waals surface area (Å²) in [7, 11) is 4.20. The van der Waals surface area contributed by atoms with Gasteiger partial charge in [0.1, 0.15) is 0 Å². The largest absolute Gasteiger partial charge is 0.392 e. The number of hydrogen-bond acceptors (Lipinski definition) is 3. The first-order valence-corrected chi connectivity index (χ1v) is 8.59. The average molecular weight is 311 g/mol. The second kappa shape index (κ2) is 6.61. The number of nitrogens with one attached hydrogen (secondary N) is 1. The molecule has 120 valence electrons. The van der Waals surface area contributed by atoms with E-state index in [0.717, 1.165) is 38.5 Å². The number of thiocarbonyl (C=S) groups is 1. The summed E-state index contributed by atoms with van der Waals surface area (Å²) < 4.78 is 0. The average Bonchev–Trinajstić information content (AvgIpc) is 2.63. The monoisotopic (exact) mass is 311 g/mol. The molecule has 21 heavy (non-hydrogen) atoms. The van der Waals surface area contributed by atoms with Crippen molar-refractivity contribution in [1.82, 2.24) is 10.2 Å². The van der Waals surface area contributed by atoms with Crippen LogP contribution in [0.1, 0.15) is 57.8 Å². The van der Waals surface area contributed by atoms with Gasteiger partial charge < -0.3 is 16.0 Å². The molecular weight excluding hydrogens is 282 g/mol. The second-order valence-electron chi connectivity index (χ2n) is 7.02. The first-order valence-electron chi connectivity index (χ1n) is 8.19. The van der Waals surface area contributed by atoms with Crippen molar-refractivity contribution in [3.05, 3.63) is 0 Å². The number of nitrogens with two attached hydrogens (primary N) is 1. The Balaban J connectivity index is 2.03. The summed E-state index contributed by atoms with van der Waals surface area (Å²) in [4.78, 5) is 15.5. The van der Waals surface area contributed by atoms with Crippen molar-refractivity contribution in [2.75, 3.05) is 20.6 Å². The molecule has 2 rings (SSSR count). The smallest absolute Gasteiger partial charge is 0.233 e. The Morgan fingerprint density at radius 3 is 2.05 bits per heavy atom. The summed E-state index contributed by atoms with van der Waals surface area (Å²) >= 11 is 5.27. The Morgan fingerprint density at radius 1 is 1.10 bits per heavy atom. The summed E-state index contributed by atoms with van der Waals surface area (Å²) in [5, 5.41) is 3.18. The minimum absolute atomic E-state index is 0.0602. The summed E-state index contributed by atoms with van der Waals surface area (Å²) in [6.45, 7) is 0.712. The lowest BCUT2D eigenvalue weighted by Crippen LogP contribution is -2.59.